The average molecular weight is 411 g/mol. The largest absolute Gasteiger partial charge is 0.351 e. The monoisotopic (exact) mass is 410 g/mol. The third-order valence-electron chi connectivity index (χ3n) is 5.56. The molecule has 5 heteroatoms. The first-order valence-electron chi connectivity index (χ1n) is 10.0. The number of aryl methyl sites for hydroxylation is 1. The van der Waals surface area contributed by atoms with Gasteiger partial charge in [-0.15, -0.1) is 0 Å². The molecule has 4 aromatic rings. The molecule has 0 bridgehead atoms. The van der Waals surface area contributed by atoms with Crippen molar-refractivity contribution in [3.05, 3.63) is 114 Å². The summed E-state index contributed by atoms with van der Waals surface area (Å²) in [7, 11) is 0. The summed E-state index contributed by atoms with van der Waals surface area (Å²) in [6, 6.07) is 31.1. The highest BCUT2D eigenvalue weighted by atomic mass is 32.1. The third-order valence-corrected chi connectivity index (χ3v) is 5.87. The molecule has 1 fully saturated rings. The summed E-state index contributed by atoms with van der Waals surface area (Å²) in [4.78, 5) is 6.86. The Morgan fingerprint density at radius 2 is 1.47 bits per heavy atom. The molecule has 2 atom stereocenters. The smallest absolute Gasteiger partial charge is 0.174 e. The van der Waals surface area contributed by atoms with Crippen LogP contribution in [0.2, 0.25) is 0 Å². The van der Waals surface area contributed by atoms with Gasteiger partial charge in [0.25, 0.3) is 0 Å². The lowest BCUT2D eigenvalue weighted by molar-refractivity contribution is 0.548. The minimum atomic E-state index is -0.0596. The van der Waals surface area contributed by atoms with Gasteiger partial charge in [0.1, 0.15) is 6.04 Å². The van der Waals surface area contributed by atoms with Crippen LogP contribution in [-0.4, -0.2) is 14.7 Å². The van der Waals surface area contributed by atoms with Crippen molar-refractivity contribution >= 4 is 23.0 Å². The van der Waals surface area contributed by atoms with E-state index in [1.165, 1.54) is 11.4 Å². The number of nitrogens with one attached hydrogen (secondary N) is 1. The van der Waals surface area contributed by atoms with Gasteiger partial charge in [-0.05, 0) is 67.7 Å². The molecule has 0 saturated carbocycles. The second kappa shape index (κ2) is 7.76. The number of pyridine rings is 1. The van der Waals surface area contributed by atoms with E-state index in [1.807, 2.05) is 42.6 Å². The minimum absolute atomic E-state index is 0.0382. The van der Waals surface area contributed by atoms with Crippen molar-refractivity contribution in [2.24, 2.45) is 0 Å². The van der Waals surface area contributed by atoms with Crippen LogP contribution in [0.15, 0.2) is 97.2 Å². The van der Waals surface area contributed by atoms with Gasteiger partial charge in [-0.25, -0.2) is 0 Å². The van der Waals surface area contributed by atoms with Crippen LogP contribution in [0.25, 0.3) is 5.69 Å². The zero-order valence-corrected chi connectivity index (χ0v) is 17.5. The van der Waals surface area contributed by atoms with Crippen molar-refractivity contribution in [1.82, 2.24) is 14.9 Å². The summed E-state index contributed by atoms with van der Waals surface area (Å²) < 4.78 is 2.31. The maximum Gasteiger partial charge on any atom is 0.174 e. The third kappa shape index (κ3) is 3.17. The summed E-state index contributed by atoms with van der Waals surface area (Å²) in [5.74, 6) is 0. The highest BCUT2D eigenvalue weighted by molar-refractivity contribution is 7.80. The molecule has 1 saturated heterocycles. The number of nitrogens with zero attached hydrogens (tertiary/aromatic N) is 3. The van der Waals surface area contributed by atoms with E-state index in [0.717, 1.165) is 17.1 Å². The molecule has 5 rings (SSSR count). The van der Waals surface area contributed by atoms with Gasteiger partial charge >= 0.3 is 0 Å². The van der Waals surface area contributed by atoms with Crippen molar-refractivity contribution in [3.63, 3.8) is 0 Å². The van der Waals surface area contributed by atoms with Gasteiger partial charge in [0.15, 0.2) is 5.11 Å². The van der Waals surface area contributed by atoms with E-state index >= 15 is 0 Å². The molecule has 0 radical (unpaired) electrons. The summed E-state index contributed by atoms with van der Waals surface area (Å²) >= 11 is 5.82. The molecule has 0 spiro atoms. The average Bonchev–Trinajstić information content (AvgIpc) is 3.35. The van der Waals surface area contributed by atoms with Gasteiger partial charge in [0.2, 0.25) is 0 Å². The summed E-state index contributed by atoms with van der Waals surface area (Å²) in [6.45, 7) is 2.14. The van der Waals surface area contributed by atoms with Crippen LogP contribution >= 0.6 is 12.2 Å². The van der Waals surface area contributed by atoms with Crippen molar-refractivity contribution in [3.8, 4) is 5.69 Å². The van der Waals surface area contributed by atoms with E-state index in [1.54, 1.807) is 0 Å². The molecule has 0 amide bonds. The molecule has 1 N–H and O–H groups in total. The first kappa shape index (κ1) is 18.6. The number of rotatable bonds is 4. The maximum atomic E-state index is 5.82. The number of thiocarbonyl (C=S) groups is 1. The van der Waals surface area contributed by atoms with E-state index in [-0.39, 0.29) is 12.1 Å². The van der Waals surface area contributed by atoms with Gasteiger partial charge in [-0.3, -0.25) is 4.98 Å². The van der Waals surface area contributed by atoms with Gasteiger partial charge < -0.3 is 14.8 Å². The summed E-state index contributed by atoms with van der Waals surface area (Å²) in [5.41, 5.74) is 5.53. The lowest BCUT2D eigenvalue weighted by Crippen LogP contribution is -2.30. The van der Waals surface area contributed by atoms with Crippen LogP contribution < -0.4 is 10.2 Å². The molecule has 2 aromatic heterocycles. The topological polar surface area (TPSA) is 33.1 Å². The van der Waals surface area contributed by atoms with Crippen molar-refractivity contribution in [1.29, 1.82) is 0 Å². The number of aromatic nitrogens is 2. The number of hydrogen-bond acceptors (Lipinski definition) is 2. The number of para-hydroxylation sites is 2. The van der Waals surface area contributed by atoms with Crippen LogP contribution in [-0.2, 0) is 0 Å². The molecular weight excluding hydrogens is 388 g/mol. The fourth-order valence-corrected chi connectivity index (χ4v) is 4.59. The second-order valence-corrected chi connectivity index (χ2v) is 7.79. The highest BCUT2D eigenvalue weighted by Gasteiger charge is 2.42. The van der Waals surface area contributed by atoms with Crippen LogP contribution in [0.5, 0.6) is 0 Å². The predicted molar refractivity (Wildman–Crippen MR) is 125 cm³/mol. The van der Waals surface area contributed by atoms with Gasteiger partial charge in [0, 0.05) is 29.0 Å². The maximum absolute atomic E-state index is 5.82. The quantitative estimate of drug-likeness (QED) is 0.459. The van der Waals surface area contributed by atoms with Crippen LogP contribution in [0, 0.1) is 6.92 Å². The Hall–Kier alpha value is -3.44. The molecule has 1 aliphatic heterocycles. The molecule has 3 heterocycles. The van der Waals surface area contributed by atoms with E-state index < -0.39 is 0 Å². The standard InChI is InChI=1S/C25H22N4S/c1-18-15-16-22(28(18)19-10-4-2-5-11-19)24-23(21-14-8-9-17-26-21)27-25(30)29(24)20-12-6-3-7-13-20/h2-17,23-24H,1H3,(H,27,30)/t23-,24+/m0/s1. The normalized spacial score (nSPS) is 18.4. The summed E-state index contributed by atoms with van der Waals surface area (Å²) in [6.07, 6.45) is 1.84. The van der Waals surface area contributed by atoms with Gasteiger partial charge in [0.05, 0.1) is 11.7 Å². The van der Waals surface area contributed by atoms with Crippen molar-refractivity contribution in [2.45, 2.75) is 19.0 Å². The number of hydrogen-bond donors (Lipinski definition) is 1. The molecule has 2 aromatic carbocycles. The van der Waals surface area contributed by atoms with E-state index in [2.05, 4.69) is 81.3 Å². The lowest BCUT2D eigenvalue weighted by Gasteiger charge is -2.29. The van der Waals surface area contributed by atoms with E-state index in [9.17, 15) is 0 Å². The number of benzene rings is 2. The van der Waals surface area contributed by atoms with E-state index in [0.29, 0.717) is 5.11 Å². The van der Waals surface area contributed by atoms with Gasteiger partial charge in [-0.2, -0.15) is 0 Å². The first-order valence-corrected chi connectivity index (χ1v) is 10.4. The zero-order valence-electron chi connectivity index (χ0n) is 16.6. The fraction of sp³-hybridized carbons (Fsp3) is 0.120. The minimum Gasteiger partial charge on any atom is -0.351 e. The van der Waals surface area contributed by atoms with Crippen molar-refractivity contribution in [2.75, 3.05) is 4.90 Å². The number of anilines is 1. The van der Waals surface area contributed by atoms with Crippen LogP contribution in [0.3, 0.4) is 0 Å². The fourth-order valence-electron chi connectivity index (χ4n) is 4.24. The lowest BCUT2D eigenvalue weighted by atomic mass is 10.0. The second-order valence-electron chi connectivity index (χ2n) is 7.40. The van der Waals surface area contributed by atoms with Crippen LogP contribution in [0.1, 0.15) is 29.2 Å². The SMILES string of the molecule is Cc1ccc([C@@H]2[C@H](c3ccccn3)NC(=S)N2c2ccccc2)n1-c1ccccc1. The Balaban J connectivity index is 1.70. The molecule has 0 unspecified atom stereocenters. The Kier molecular flexibility index (Phi) is 4.81. The van der Waals surface area contributed by atoms with Crippen molar-refractivity contribution < 1.29 is 0 Å². The molecule has 30 heavy (non-hydrogen) atoms. The predicted octanol–water partition coefficient (Wildman–Crippen LogP) is 5.36. The zero-order chi connectivity index (χ0) is 20.5. The molecule has 0 aliphatic carbocycles. The molecule has 4 nitrogen and oxygen atoms in total. The Bertz CT molecular complexity index is 1160. The Morgan fingerprint density at radius 3 is 2.13 bits per heavy atom. The van der Waals surface area contributed by atoms with Gasteiger partial charge in [-0.1, -0.05) is 42.5 Å². The molecule has 1 aliphatic rings. The Labute approximate surface area is 181 Å². The molecular formula is C25H22N4S. The Morgan fingerprint density at radius 1 is 0.800 bits per heavy atom. The summed E-state index contributed by atoms with van der Waals surface area (Å²) in [5, 5.41) is 4.25. The molecule has 148 valence electrons. The first-order chi connectivity index (χ1) is 14.7. The van der Waals surface area contributed by atoms with Crippen LogP contribution in [0.4, 0.5) is 5.69 Å². The highest BCUT2D eigenvalue weighted by Crippen LogP contribution is 2.42. The van der Waals surface area contributed by atoms with E-state index in [4.69, 9.17) is 12.2 Å².